The molecule has 2 rings (SSSR count). The number of amides is 1. The number of carbonyl (C=O) groups is 1. The van der Waals surface area contributed by atoms with Gasteiger partial charge in [-0.2, -0.15) is 0 Å². The largest absolute Gasteiger partial charge is 0.376 e. The average molecular weight is 222 g/mol. The van der Waals surface area contributed by atoms with Crippen LogP contribution in [0.3, 0.4) is 0 Å². The molecule has 1 atom stereocenters. The Morgan fingerprint density at radius 3 is 3.12 bits per heavy atom. The summed E-state index contributed by atoms with van der Waals surface area (Å²) in [6, 6.07) is 1.84. The Morgan fingerprint density at radius 2 is 2.44 bits per heavy atom. The van der Waals surface area contributed by atoms with Crippen LogP contribution in [0, 0.1) is 6.92 Å². The van der Waals surface area contributed by atoms with Crippen molar-refractivity contribution in [3.63, 3.8) is 0 Å². The molecular weight excluding hydrogens is 208 g/mol. The van der Waals surface area contributed by atoms with Crippen LogP contribution < -0.4 is 5.32 Å². The van der Waals surface area contributed by atoms with Gasteiger partial charge in [-0.1, -0.05) is 0 Å². The number of pyridine rings is 1. The number of rotatable bonds is 2. The molecule has 5 nitrogen and oxygen atoms in total. The summed E-state index contributed by atoms with van der Waals surface area (Å²) < 4.78 is 10.5. The molecule has 5 heteroatoms. The number of aryl methyl sites for hydroxylation is 1. The monoisotopic (exact) mass is 222 g/mol. The van der Waals surface area contributed by atoms with Crippen molar-refractivity contribution in [2.24, 2.45) is 0 Å². The molecule has 1 N–H and O–H groups in total. The third kappa shape index (κ3) is 2.56. The lowest BCUT2D eigenvalue weighted by Gasteiger charge is -2.22. The van der Waals surface area contributed by atoms with E-state index in [-0.39, 0.29) is 5.91 Å². The van der Waals surface area contributed by atoms with Gasteiger partial charge < -0.3 is 14.8 Å². The summed E-state index contributed by atoms with van der Waals surface area (Å²) in [7, 11) is 0. The lowest BCUT2D eigenvalue weighted by atomic mass is 10.2. The SMILES string of the molecule is Cc1ccncc1NC(=O)C1COCCO1. The maximum absolute atomic E-state index is 11.8. The molecular formula is C11H14N2O3. The van der Waals surface area contributed by atoms with Crippen LogP contribution in [0.25, 0.3) is 0 Å². The van der Waals surface area contributed by atoms with Gasteiger partial charge in [0, 0.05) is 6.20 Å². The Balaban J connectivity index is 1.99. The lowest BCUT2D eigenvalue weighted by molar-refractivity contribution is -0.142. The Hall–Kier alpha value is -1.46. The number of nitrogens with one attached hydrogen (secondary N) is 1. The number of ether oxygens (including phenoxy) is 2. The van der Waals surface area contributed by atoms with Crippen molar-refractivity contribution in [1.82, 2.24) is 4.98 Å². The lowest BCUT2D eigenvalue weighted by Crippen LogP contribution is -2.39. The van der Waals surface area contributed by atoms with Gasteiger partial charge in [-0.3, -0.25) is 9.78 Å². The molecule has 0 radical (unpaired) electrons. The van der Waals surface area contributed by atoms with Crippen LogP contribution in [0.5, 0.6) is 0 Å². The third-order valence-corrected chi connectivity index (χ3v) is 2.41. The smallest absolute Gasteiger partial charge is 0.255 e. The van der Waals surface area contributed by atoms with Crippen LogP contribution in [0.2, 0.25) is 0 Å². The van der Waals surface area contributed by atoms with Gasteiger partial charge in [-0.25, -0.2) is 0 Å². The van der Waals surface area contributed by atoms with Gasteiger partial charge in [0.2, 0.25) is 0 Å². The number of carbonyl (C=O) groups excluding carboxylic acids is 1. The molecule has 1 aromatic rings. The zero-order chi connectivity index (χ0) is 11.4. The molecule has 1 unspecified atom stereocenters. The molecule has 86 valence electrons. The summed E-state index contributed by atoms with van der Waals surface area (Å²) in [5.41, 5.74) is 1.68. The van der Waals surface area contributed by atoms with Crippen LogP contribution in [0.1, 0.15) is 5.56 Å². The minimum atomic E-state index is -0.520. The first-order valence-corrected chi connectivity index (χ1v) is 5.18. The number of anilines is 1. The second-order valence-electron chi connectivity index (χ2n) is 3.61. The Kier molecular flexibility index (Phi) is 3.48. The first kappa shape index (κ1) is 11.0. The van der Waals surface area contributed by atoms with Crippen molar-refractivity contribution in [3.8, 4) is 0 Å². The molecule has 1 amide bonds. The quantitative estimate of drug-likeness (QED) is 0.802. The highest BCUT2D eigenvalue weighted by Crippen LogP contribution is 2.12. The highest BCUT2D eigenvalue weighted by atomic mass is 16.6. The highest BCUT2D eigenvalue weighted by molar-refractivity contribution is 5.94. The Bertz CT molecular complexity index is 375. The molecule has 0 aliphatic carbocycles. The molecule has 1 aliphatic heterocycles. The predicted octanol–water partition coefficient (Wildman–Crippen LogP) is 0.744. The molecule has 0 spiro atoms. The van der Waals surface area contributed by atoms with Crippen molar-refractivity contribution in [1.29, 1.82) is 0 Å². The van der Waals surface area contributed by atoms with Gasteiger partial charge in [0.15, 0.2) is 6.10 Å². The fourth-order valence-corrected chi connectivity index (χ4v) is 1.45. The number of aromatic nitrogens is 1. The molecule has 16 heavy (non-hydrogen) atoms. The van der Waals surface area contributed by atoms with E-state index < -0.39 is 6.10 Å². The van der Waals surface area contributed by atoms with Crippen molar-refractivity contribution >= 4 is 11.6 Å². The van der Waals surface area contributed by atoms with Crippen molar-refractivity contribution in [3.05, 3.63) is 24.0 Å². The maximum Gasteiger partial charge on any atom is 0.255 e. The highest BCUT2D eigenvalue weighted by Gasteiger charge is 2.22. The summed E-state index contributed by atoms with van der Waals surface area (Å²) in [5.74, 6) is -0.184. The van der Waals surface area contributed by atoms with Crippen LogP contribution in [0.15, 0.2) is 18.5 Å². The van der Waals surface area contributed by atoms with Crippen LogP contribution in [-0.4, -0.2) is 36.8 Å². The van der Waals surface area contributed by atoms with E-state index in [0.717, 1.165) is 5.56 Å². The first-order chi connectivity index (χ1) is 7.77. The van der Waals surface area contributed by atoms with Crippen molar-refractivity contribution < 1.29 is 14.3 Å². The number of hydrogen-bond acceptors (Lipinski definition) is 4. The molecule has 1 aromatic heterocycles. The van der Waals surface area contributed by atoms with E-state index >= 15 is 0 Å². The van der Waals surface area contributed by atoms with E-state index in [1.807, 2.05) is 13.0 Å². The summed E-state index contributed by atoms with van der Waals surface area (Å²) >= 11 is 0. The summed E-state index contributed by atoms with van der Waals surface area (Å²) in [6.45, 7) is 3.24. The van der Waals surface area contributed by atoms with Gasteiger partial charge in [-0.15, -0.1) is 0 Å². The summed E-state index contributed by atoms with van der Waals surface area (Å²) in [6.07, 6.45) is 2.79. The maximum atomic E-state index is 11.8. The first-order valence-electron chi connectivity index (χ1n) is 5.18. The molecule has 0 saturated carbocycles. The summed E-state index contributed by atoms with van der Waals surface area (Å²) in [4.78, 5) is 15.7. The number of hydrogen-bond donors (Lipinski definition) is 1. The Labute approximate surface area is 93.8 Å². The average Bonchev–Trinajstić information content (AvgIpc) is 2.33. The van der Waals surface area contributed by atoms with Gasteiger partial charge in [0.1, 0.15) is 0 Å². The zero-order valence-corrected chi connectivity index (χ0v) is 9.10. The topological polar surface area (TPSA) is 60.5 Å². The fraction of sp³-hybridized carbons (Fsp3) is 0.455. The Morgan fingerprint density at radius 1 is 1.56 bits per heavy atom. The van der Waals surface area contributed by atoms with Gasteiger partial charge in [-0.05, 0) is 18.6 Å². The molecule has 1 aliphatic rings. The van der Waals surface area contributed by atoms with E-state index in [4.69, 9.17) is 9.47 Å². The van der Waals surface area contributed by atoms with Crippen molar-refractivity contribution in [2.45, 2.75) is 13.0 Å². The van der Waals surface area contributed by atoms with E-state index in [1.165, 1.54) is 0 Å². The molecule has 2 heterocycles. The fourth-order valence-electron chi connectivity index (χ4n) is 1.45. The molecule has 0 bridgehead atoms. The minimum Gasteiger partial charge on any atom is -0.376 e. The van der Waals surface area contributed by atoms with Crippen LogP contribution in [0.4, 0.5) is 5.69 Å². The van der Waals surface area contributed by atoms with E-state index in [9.17, 15) is 4.79 Å². The predicted molar refractivity (Wildman–Crippen MR) is 58.2 cm³/mol. The van der Waals surface area contributed by atoms with Crippen LogP contribution >= 0.6 is 0 Å². The van der Waals surface area contributed by atoms with Gasteiger partial charge in [0.25, 0.3) is 5.91 Å². The van der Waals surface area contributed by atoms with E-state index in [0.29, 0.717) is 25.5 Å². The van der Waals surface area contributed by atoms with E-state index in [2.05, 4.69) is 10.3 Å². The van der Waals surface area contributed by atoms with Gasteiger partial charge in [0.05, 0.1) is 31.7 Å². The second-order valence-corrected chi connectivity index (χ2v) is 3.61. The number of nitrogens with zero attached hydrogens (tertiary/aromatic N) is 1. The molecule has 0 aromatic carbocycles. The van der Waals surface area contributed by atoms with Crippen molar-refractivity contribution in [2.75, 3.05) is 25.1 Å². The second kappa shape index (κ2) is 5.05. The van der Waals surface area contributed by atoms with Crippen LogP contribution in [-0.2, 0) is 14.3 Å². The third-order valence-electron chi connectivity index (χ3n) is 2.41. The zero-order valence-electron chi connectivity index (χ0n) is 9.10. The minimum absolute atomic E-state index is 0.184. The molecule has 1 fully saturated rings. The van der Waals surface area contributed by atoms with E-state index in [1.54, 1.807) is 12.4 Å². The van der Waals surface area contributed by atoms with Gasteiger partial charge >= 0.3 is 0 Å². The summed E-state index contributed by atoms with van der Waals surface area (Å²) in [5, 5.41) is 2.77. The standard InChI is InChI=1S/C11H14N2O3/c1-8-2-3-12-6-9(8)13-11(14)10-7-15-4-5-16-10/h2-3,6,10H,4-5,7H2,1H3,(H,13,14). The normalized spacial score (nSPS) is 20.4. The molecule has 1 saturated heterocycles.